The number of carbonyl (C=O) groups excluding carboxylic acids is 1. The molecule has 1 N–H and O–H groups in total. The molecule has 0 atom stereocenters. The summed E-state index contributed by atoms with van der Waals surface area (Å²) in [6.45, 7) is 9.85. The lowest BCUT2D eigenvalue weighted by Gasteiger charge is -2.25. The standard InChI is InChI=1S/C29H35N3O3S/c1-22(2)24-16-18-26(19-17-24)32(36(34,35)27-14-10-7-11-15-27)21-28(33)31-30-23(3)20-29(4,5)25-12-8-6-9-13-25/h6-19,22H,20-21H2,1-5H3,(H,31,33)/b30-23-. The second-order valence-corrected chi connectivity index (χ2v) is 11.7. The Labute approximate surface area is 215 Å². The SMILES string of the molecule is C/C(CC(C)(C)c1ccccc1)=N/NC(=O)CN(c1ccc(C(C)C)cc1)S(=O)(=O)c1ccccc1. The lowest BCUT2D eigenvalue weighted by atomic mass is 9.80. The zero-order valence-corrected chi connectivity index (χ0v) is 22.4. The molecular formula is C29H35N3O3S. The van der Waals surface area contributed by atoms with Gasteiger partial charge in [-0.3, -0.25) is 9.10 Å². The van der Waals surface area contributed by atoms with Crippen molar-refractivity contribution in [1.29, 1.82) is 0 Å². The predicted molar refractivity (Wildman–Crippen MR) is 147 cm³/mol. The monoisotopic (exact) mass is 505 g/mol. The number of benzene rings is 3. The van der Waals surface area contributed by atoms with Crippen molar-refractivity contribution in [3.63, 3.8) is 0 Å². The van der Waals surface area contributed by atoms with Gasteiger partial charge in [-0.05, 0) is 60.1 Å². The third-order valence-electron chi connectivity index (χ3n) is 6.09. The zero-order valence-electron chi connectivity index (χ0n) is 21.6. The van der Waals surface area contributed by atoms with Crippen molar-refractivity contribution in [3.8, 4) is 0 Å². The van der Waals surface area contributed by atoms with Gasteiger partial charge in [-0.25, -0.2) is 13.8 Å². The summed E-state index contributed by atoms with van der Waals surface area (Å²) in [5, 5.41) is 4.27. The van der Waals surface area contributed by atoms with Gasteiger partial charge < -0.3 is 0 Å². The van der Waals surface area contributed by atoms with Crippen LogP contribution in [0.15, 0.2) is 94.9 Å². The third kappa shape index (κ3) is 6.82. The molecule has 3 rings (SSSR count). The van der Waals surface area contributed by atoms with Crippen LogP contribution in [-0.2, 0) is 20.2 Å². The van der Waals surface area contributed by atoms with Crippen LogP contribution in [0.25, 0.3) is 0 Å². The summed E-state index contributed by atoms with van der Waals surface area (Å²) in [5.74, 6) is -0.210. The Morgan fingerprint density at radius 3 is 2.03 bits per heavy atom. The molecule has 0 unspecified atom stereocenters. The van der Waals surface area contributed by atoms with E-state index in [9.17, 15) is 13.2 Å². The van der Waals surface area contributed by atoms with E-state index in [2.05, 4.69) is 50.4 Å². The first-order chi connectivity index (χ1) is 17.0. The summed E-state index contributed by atoms with van der Waals surface area (Å²) in [7, 11) is -3.96. The lowest BCUT2D eigenvalue weighted by molar-refractivity contribution is -0.119. The topological polar surface area (TPSA) is 78.8 Å². The Kier molecular flexibility index (Phi) is 8.69. The van der Waals surface area contributed by atoms with Crippen LogP contribution in [0.2, 0.25) is 0 Å². The lowest BCUT2D eigenvalue weighted by Crippen LogP contribution is -2.39. The number of anilines is 1. The van der Waals surface area contributed by atoms with Crippen LogP contribution in [0.1, 0.15) is 58.1 Å². The third-order valence-corrected chi connectivity index (χ3v) is 7.88. The van der Waals surface area contributed by atoms with Crippen molar-refractivity contribution < 1.29 is 13.2 Å². The highest BCUT2D eigenvalue weighted by Crippen LogP contribution is 2.28. The predicted octanol–water partition coefficient (Wildman–Crippen LogP) is 5.87. The average molecular weight is 506 g/mol. The molecule has 0 radical (unpaired) electrons. The Bertz CT molecular complexity index is 1280. The normalized spacial score (nSPS) is 12.4. The number of amides is 1. The quantitative estimate of drug-likeness (QED) is 0.277. The fourth-order valence-electron chi connectivity index (χ4n) is 4.05. The van der Waals surface area contributed by atoms with Gasteiger partial charge in [0.2, 0.25) is 0 Å². The van der Waals surface area contributed by atoms with Crippen LogP contribution in [0.4, 0.5) is 5.69 Å². The molecule has 0 aliphatic rings. The highest BCUT2D eigenvalue weighted by Gasteiger charge is 2.27. The number of hydrogen-bond acceptors (Lipinski definition) is 4. The van der Waals surface area contributed by atoms with Gasteiger partial charge in [0.05, 0.1) is 10.6 Å². The van der Waals surface area contributed by atoms with Gasteiger partial charge in [0, 0.05) is 5.71 Å². The summed E-state index contributed by atoms with van der Waals surface area (Å²) in [6.07, 6.45) is 0.639. The molecule has 6 nitrogen and oxygen atoms in total. The van der Waals surface area contributed by atoms with Crippen LogP contribution in [0.5, 0.6) is 0 Å². The van der Waals surface area contributed by atoms with Crippen LogP contribution >= 0.6 is 0 Å². The molecule has 36 heavy (non-hydrogen) atoms. The second-order valence-electron chi connectivity index (χ2n) is 9.88. The smallest absolute Gasteiger partial charge is 0.264 e. The molecule has 0 aliphatic heterocycles. The molecule has 0 spiro atoms. The van der Waals surface area contributed by atoms with Crippen molar-refractivity contribution in [2.24, 2.45) is 5.10 Å². The van der Waals surface area contributed by atoms with Crippen molar-refractivity contribution in [3.05, 3.63) is 96.1 Å². The van der Waals surface area contributed by atoms with Crippen LogP contribution in [-0.4, -0.2) is 26.6 Å². The molecule has 0 saturated heterocycles. The highest BCUT2D eigenvalue weighted by atomic mass is 32.2. The Morgan fingerprint density at radius 1 is 0.917 bits per heavy atom. The van der Waals surface area contributed by atoms with Crippen molar-refractivity contribution in [2.75, 3.05) is 10.8 Å². The molecule has 3 aromatic carbocycles. The largest absolute Gasteiger partial charge is 0.271 e. The Hall–Kier alpha value is -3.45. The number of nitrogens with zero attached hydrogens (tertiary/aromatic N) is 2. The van der Waals surface area contributed by atoms with E-state index in [0.717, 1.165) is 15.6 Å². The van der Waals surface area contributed by atoms with Gasteiger partial charge >= 0.3 is 0 Å². The molecule has 0 aromatic heterocycles. The first-order valence-electron chi connectivity index (χ1n) is 12.1. The maximum absolute atomic E-state index is 13.5. The maximum atomic E-state index is 13.5. The minimum Gasteiger partial charge on any atom is -0.271 e. The van der Waals surface area contributed by atoms with Gasteiger partial charge in [-0.15, -0.1) is 0 Å². The first kappa shape index (κ1) is 27.1. The van der Waals surface area contributed by atoms with E-state index in [1.807, 2.05) is 37.3 Å². The molecule has 0 heterocycles. The van der Waals surface area contributed by atoms with Crippen LogP contribution in [0.3, 0.4) is 0 Å². The molecule has 190 valence electrons. The van der Waals surface area contributed by atoms with E-state index in [4.69, 9.17) is 0 Å². The summed E-state index contributed by atoms with van der Waals surface area (Å²) < 4.78 is 28.1. The molecule has 0 aliphatic carbocycles. The maximum Gasteiger partial charge on any atom is 0.264 e. The van der Waals surface area contributed by atoms with E-state index in [-0.39, 0.29) is 10.3 Å². The van der Waals surface area contributed by atoms with E-state index in [1.165, 1.54) is 17.7 Å². The number of sulfonamides is 1. The molecule has 7 heteroatoms. The minimum atomic E-state index is -3.96. The molecule has 3 aromatic rings. The van der Waals surface area contributed by atoms with E-state index in [1.54, 1.807) is 30.3 Å². The van der Waals surface area contributed by atoms with Gasteiger partial charge in [0.25, 0.3) is 15.9 Å². The zero-order chi connectivity index (χ0) is 26.3. The van der Waals surface area contributed by atoms with E-state index in [0.29, 0.717) is 18.0 Å². The average Bonchev–Trinajstić information content (AvgIpc) is 2.87. The van der Waals surface area contributed by atoms with Crippen molar-refractivity contribution >= 4 is 27.3 Å². The number of carbonyl (C=O) groups is 1. The minimum absolute atomic E-state index is 0.120. The van der Waals surface area contributed by atoms with E-state index < -0.39 is 22.5 Å². The van der Waals surface area contributed by atoms with Gasteiger partial charge in [0.15, 0.2) is 0 Å². The molecule has 0 fully saturated rings. The van der Waals surface area contributed by atoms with Crippen molar-refractivity contribution in [1.82, 2.24) is 5.43 Å². The van der Waals surface area contributed by atoms with Gasteiger partial charge in [0.1, 0.15) is 6.54 Å². The van der Waals surface area contributed by atoms with Gasteiger partial charge in [-0.1, -0.05) is 88.4 Å². The number of hydrogen-bond donors (Lipinski definition) is 1. The molecule has 0 bridgehead atoms. The first-order valence-corrected chi connectivity index (χ1v) is 13.5. The summed E-state index contributed by atoms with van der Waals surface area (Å²) >= 11 is 0. The molecule has 1 amide bonds. The number of rotatable bonds is 10. The van der Waals surface area contributed by atoms with Crippen LogP contribution < -0.4 is 9.73 Å². The summed E-state index contributed by atoms with van der Waals surface area (Å²) in [5.41, 5.74) is 5.81. The fourth-order valence-corrected chi connectivity index (χ4v) is 5.50. The number of nitrogens with one attached hydrogen (secondary N) is 1. The summed E-state index contributed by atoms with van der Waals surface area (Å²) in [6, 6.07) is 25.5. The van der Waals surface area contributed by atoms with E-state index >= 15 is 0 Å². The number of hydrazone groups is 1. The summed E-state index contributed by atoms with van der Waals surface area (Å²) in [4.78, 5) is 13.0. The van der Waals surface area contributed by atoms with Crippen molar-refractivity contribution in [2.45, 2.75) is 57.3 Å². The Balaban J connectivity index is 1.80. The Morgan fingerprint density at radius 2 is 1.47 bits per heavy atom. The fraction of sp³-hybridized carbons (Fsp3) is 0.310. The molecular weight excluding hydrogens is 470 g/mol. The highest BCUT2D eigenvalue weighted by molar-refractivity contribution is 7.92. The second kappa shape index (κ2) is 11.5. The molecule has 0 saturated carbocycles. The van der Waals surface area contributed by atoms with Crippen LogP contribution in [0, 0.1) is 0 Å². The van der Waals surface area contributed by atoms with Gasteiger partial charge in [-0.2, -0.15) is 5.10 Å².